The number of benzene rings is 2. The quantitative estimate of drug-likeness (QED) is 0.486. The second-order valence-electron chi connectivity index (χ2n) is 7.29. The minimum Gasteiger partial charge on any atom is -0.497 e. The number of aliphatic hydroxyl groups excluding tert-OH is 1. The molecule has 2 aromatic carbocycles. The van der Waals surface area contributed by atoms with Crippen molar-refractivity contribution in [1.29, 1.82) is 0 Å². The maximum atomic E-state index is 13.0. The van der Waals surface area contributed by atoms with Gasteiger partial charge in [0.15, 0.2) is 11.8 Å². The summed E-state index contributed by atoms with van der Waals surface area (Å²) in [6.07, 6.45) is 1.59. The van der Waals surface area contributed by atoms with Crippen molar-refractivity contribution in [2.75, 3.05) is 20.8 Å². The highest BCUT2D eigenvalue weighted by Crippen LogP contribution is 2.23. The molecule has 1 aromatic heterocycles. The van der Waals surface area contributed by atoms with Crippen molar-refractivity contribution in [1.82, 2.24) is 15.2 Å². The van der Waals surface area contributed by atoms with Gasteiger partial charge in [0.1, 0.15) is 12.4 Å². The molecule has 1 unspecified atom stereocenters. The van der Waals surface area contributed by atoms with Gasteiger partial charge in [-0.25, -0.2) is 0 Å². The molecule has 3 aromatic rings. The van der Waals surface area contributed by atoms with Crippen LogP contribution >= 0.6 is 0 Å². The van der Waals surface area contributed by atoms with E-state index in [2.05, 4.69) is 10.3 Å². The molecular weight excluding hydrogens is 422 g/mol. The molecule has 8 heteroatoms. The highest BCUT2D eigenvalue weighted by molar-refractivity contribution is 6.10. The molecule has 0 aliphatic rings. The Morgan fingerprint density at radius 3 is 2.18 bits per heavy atom. The fourth-order valence-electron chi connectivity index (χ4n) is 3.31. The molecule has 2 N–H and O–H groups in total. The number of aromatic nitrogens is 1. The number of likely N-dealkylation sites (N-methyl/N-ethyl adjacent to an activating group) is 1. The molecule has 0 saturated carbocycles. The molecule has 0 spiro atoms. The Hall–Kier alpha value is -4.04. The highest BCUT2D eigenvalue weighted by atomic mass is 16.5. The van der Waals surface area contributed by atoms with Crippen molar-refractivity contribution in [3.8, 4) is 16.9 Å². The topological polar surface area (TPSA) is 109 Å². The Morgan fingerprint density at radius 2 is 1.64 bits per heavy atom. The summed E-state index contributed by atoms with van der Waals surface area (Å²) >= 11 is 0. The first kappa shape index (κ1) is 23.6. The second kappa shape index (κ2) is 11.0. The summed E-state index contributed by atoms with van der Waals surface area (Å²) in [6, 6.07) is 18.1. The van der Waals surface area contributed by atoms with Gasteiger partial charge in [-0.3, -0.25) is 19.4 Å². The van der Waals surface area contributed by atoms with E-state index in [1.165, 1.54) is 7.05 Å². The number of carbonyl (C=O) groups excluding carboxylic acids is 3. The van der Waals surface area contributed by atoms with Gasteiger partial charge in [-0.1, -0.05) is 30.3 Å². The third kappa shape index (κ3) is 5.81. The highest BCUT2D eigenvalue weighted by Gasteiger charge is 2.33. The number of aliphatic hydroxyl groups is 1. The molecule has 8 nitrogen and oxygen atoms in total. The number of amides is 2. The average molecular weight is 447 g/mol. The van der Waals surface area contributed by atoms with Crippen LogP contribution in [0.25, 0.3) is 11.1 Å². The lowest BCUT2D eigenvalue weighted by atomic mass is 10.0. The zero-order chi connectivity index (χ0) is 23.8. The van der Waals surface area contributed by atoms with E-state index in [0.717, 1.165) is 21.8 Å². The van der Waals surface area contributed by atoms with Crippen molar-refractivity contribution in [2.45, 2.75) is 12.6 Å². The van der Waals surface area contributed by atoms with Crippen molar-refractivity contribution in [2.24, 2.45) is 0 Å². The van der Waals surface area contributed by atoms with Crippen LogP contribution in [0, 0.1) is 0 Å². The summed E-state index contributed by atoms with van der Waals surface area (Å²) in [7, 11) is 2.96. The van der Waals surface area contributed by atoms with Crippen LogP contribution in [0.3, 0.4) is 0 Å². The van der Waals surface area contributed by atoms with Gasteiger partial charge in [-0.15, -0.1) is 0 Å². The molecule has 0 aliphatic heterocycles. The molecule has 0 bridgehead atoms. The first-order chi connectivity index (χ1) is 15.9. The number of carbonyl (C=O) groups is 3. The first-order valence-electron chi connectivity index (χ1n) is 10.3. The Labute approximate surface area is 191 Å². The summed E-state index contributed by atoms with van der Waals surface area (Å²) in [5.41, 5.74) is 2.76. The number of nitrogens with one attached hydrogen (secondary N) is 1. The molecule has 1 heterocycles. The maximum absolute atomic E-state index is 13.0. The van der Waals surface area contributed by atoms with Crippen LogP contribution in [0.1, 0.15) is 16.1 Å². The first-order valence-corrected chi connectivity index (χ1v) is 10.3. The van der Waals surface area contributed by atoms with Gasteiger partial charge >= 0.3 is 0 Å². The number of hydrogen-bond acceptors (Lipinski definition) is 6. The van der Waals surface area contributed by atoms with Gasteiger partial charge in [0.05, 0.1) is 19.3 Å². The Balaban J connectivity index is 1.73. The fourth-order valence-corrected chi connectivity index (χ4v) is 3.31. The van der Waals surface area contributed by atoms with Crippen LogP contribution < -0.4 is 10.1 Å². The minimum atomic E-state index is -1.47. The summed E-state index contributed by atoms with van der Waals surface area (Å²) in [6.45, 7) is -0.775. The molecule has 170 valence electrons. The summed E-state index contributed by atoms with van der Waals surface area (Å²) in [5.74, 6) is -1.24. The van der Waals surface area contributed by atoms with Gasteiger partial charge < -0.3 is 20.1 Å². The number of methoxy groups -OCH3 is 1. The number of Topliss-reactive ketones (excluding diaryl/α,β-unsaturated/α-hetero) is 1. The summed E-state index contributed by atoms with van der Waals surface area (Å²) in [5, 5.41) is 12.0. The minimum absolute atomic E-state index is 0.0907. The van der Waals surface area contributed by atoms with E-state index in [4.69, 9.17) is 4.74 Å². The van der Waals surface area contributed by atoms with E-state index in [-0.39, 0.29) is 6.54 Å². The zero-order valence-corrected chi connectivity index (χ0v) is 18.4. The van der Waals surface area contributed by atoms with Crippen LogP contribution in [0.5, 0.6) is 5.75 Å². The fraction of sp³-hybridized carbons (Fsp3) is 0.200. The van der Waals surface area contributed by atoms with E-state index in [9.17, 15) is 19.5 Å². The third-order valence-corrected chi connectivity index (χ3v) is 5.14. The van der Waals surface area contributed by atoms with Gasteiger partial charge in [0.2, 0.25) is 0 Å². The molecule has 0 radical (unpaired) electrons. The lowest BCUT2D eigenvalue weighted by molar-refractivity contribution is -0.136. The van der Waals surface area contributed by atoms with Crippen molar-refractivity contribution >= 4 is 17.6 Å². The predicted octanol–water partition coefficient (Wildman–Crippen LogP) is 2.08. The monoisotopic (exact) mass is 447 g/mol. The third-order valence-electron chi connectivity index (χ3n) is 5.14. The molecule has 0 saturated heterocycles. The van der Waals surface area contributed by atoms with Crippen molar-refractivity contribution in [3.05, 3.63) is 84.2 Å². The molecule has 0 fully saturated rings. The van der Waals surface area contributed by atoms with Gasteiger partial charge in [-0.2, -0.15) is 0 Å². The van der Waals surface area contributed by atoms with Crippen molar-refractivity contribution in [3.63, 3.8) is 0 Å². The van der Waals surface area contributed by atoms with E-state index in [1.54, 1.807) is 55.8 Å². The van der Waals surface area contributed by atoms with E-state index in [0.29, 0.717) is 11.3 Å². The second-order valence-corrected chi connectivity index (χ2v) is 7.29. The number of rotatable bonds is 9. The number of pyridine rings is 1. The average Bonchev–Trinajstić information content (AvgIpc) is 2.87. The van der Waals surface area contributed by atoms with Gasteiger partial charge in [0, 0.05) is 18.8 Å². The molecule has 2 amide bonds. The van der Waals surface area contributed by atoms with Crippen LogP contribution in [-0.4, -0.2) is 59.4 Å². The lowest BCUT2D eigenvalue weighted by Crippen LogP contribution is -2.53. The zero-order valence-electron chi connectivity index (χ0n) is 18.4. The summed E-state index contributed by atoms with van der Waals surface area (Å²) < 4.78 is 5.16. The number of nitrogens with zero attached hydrogens (tertiary/aromatic N) is 2. The number of ketones is 1. The SMILES string of the molecule is COc1ccc(-c2ccc(C(=O)N(C)C(C(=O)CO)C(=O)NCc3ccccn3)cc2)cc1. The van der Waals surface area contributed by atoms with Crippen LogP contribution in [-0.2, 0) is 16.1 Å². The van der Waals surface area contributed by atoms with Crippen LogP contribution in [0.15, 0.2) is 72.9 Å². The normalized spacial score (nSPS) is 11.4. The number of hydrogen-bond donors (Lipinski definition) is 2. The standard InChI is InChI=1S/C25H25N3O5/c1-28(23(22(30)16-29)24(31)27-15-20-5-3-4-14-26-20)25(32)19-8-6-17(7-9-19)18-10-12-21(33-2)13-11-18/h3-14,23,29H,15-16H2,1-2H3,(H,27,31). The Morgan fingerprint density at radius 1 is 1.00 bits per heavy atom. The Kier molecular flexibility index (Phi) is 7.88. The largest absolute Gasteiger partial charge is 0.497 e. The van der Waals surface area contributed by atoms with Crippen LogP contribution in [0.4, 0.5) is 0 Å². The Bertz CT molecular complexity index is 1100. The van der Waals surface area contributed by atoms with Gasteiger partial charge in [0.25, 0.3) is 11.8 Å². The van der Waals surface area contributed by atoms with E-state index >= 15 is 0 Å². The van der Waals surface area contributed by atoms with Crippen molar-refractivity contribution < 1.29 is 24.2 Å². The molecule has 33 heavy (non-hydrogen) atoms. The molecular formula is C25H25N3O5. The maximum Gasteiger partial charge on any atom is 0.254 e. The number of ether oxygens (including phenoxy) is 1. The molecule has 3 rings (SSSR count). The lowest BCUT2D eigenvalue weighted by Gasteiger charge is -2.26. The van der Waals surface area contributed by atoms with Gasteiger partial charge in [-0.05, 0) is 47.5 Å². The smallest absolute Gasteiger partial charge is 0.254 e. The summed E-state index contributed by atoms with van der Waals surface area (Å²) in [4.78, 5) is 43.2. The predicted molar refractivity (Wildman–Crippen MR) is 122 cm³/mol. The van der Waals surface area contributed by atoms with E-state index < -0.39 is 30.2 Å². The van der Waals surface area contributed by atoms with Crippen LogP contribution in [0.2, 0.25) is 0 Å². The molecule has 1 atom stereocenters. The van der Waals surface area contributed by atoms with E-state index in [1.807, 2.05) is 24.3 Å². The molecule has 0 aliphatic carbocycles.